The summed E-state index contributed by atoms with van der Waals surface area (Å²) in [6.07, 6.45) is -2.69. The van der Waals surface area contributed by atoms with Crippen molar-refractivity contribution in [1.29, 1.82) is 0 Å². The average molecular weight is 535 g/mol. The second kappa shape index (κ2) is 11.0. The standard InChI is InChI=1S/C24H27FN3O8P/c1-14-12-28(24(31)26-22(14)29)21-11-18(25)20(35-21)13-34-37(32,27-15(2)23(30)33-3)36-19-10-6-8-16-7-4-5-9-17(16)19/h4-10,12,15,18,20-21H,11,13H2,1-3H3,(H,27,32)(H,26,29,31)/t15-,18-,20+,21+,37?/m0/s1. The fourth-order valence-electron chi connectivity index (χ4n) is 3.94. The zero-order chi connectivity index (χ0) is 26.7. The van der Waals surface area contributed by atoms with E-state index in [-0.39, 0.29) is 17.7 Å². The van der Waals surface area contributed by atoms with Gasteiger partial charge in [-0.05, 0) is 25.3 Å². The smallest absolute Gasteiger partial charge is 0.459 e. The van der Waals surface area contributed by atoms with Crippen LogP contribution in [0.5, 0.6) is 5.75 Å². The number of benzene rings is 2. The van der Waals surface area contributed by atoms with Crippen molar-refractivity contribution in [3.8, 4) is 5.75 Å². The average Bonchev–Trinajstić information content (AvgIpc) is 3.24. The van der Waals surface area contributed by atoms with Gasteiger partial charge in [-0.3, -0.25) is 23.7 Å². The SMILES string of the molecule is COC(=O)[C@H](C)NP(=O)(OC[C@H]1O[C@@H](n2cc(C)c(=O)[nH]c2=O)C[C@@H]1F)Oc1cccc2ccccc12. The monoisotopic (exact) mass is 535 g/mol. The first-order valence-electron chi connectivity index (χ1n) is 11.5. The molecular weight excluding hydrogens is 508 g/mol. The maximum Gasteiger partial charge on any atom is 0.459 e. The molecule has 0 aliphatic carbocycles. The maximum atomic E-state index is 14.9. The number of nitrogens with one attached hydrogen (secondary N) is 2. The van der Waals surface area contributed by atoms with Crippen molar-refractivity contribution in [2.75, 3.05) is 13.7 Å². The molecule has 37 heavy (non-hydrogen) atoms. The number of fused-ring (bicyclic) bond motifs is 1. The molecule has 0 amide bonds. The molecule has 5 atom stereocenters. The normalized spacial score (nSPS) is 21.9. The molecule has 0 bridgehead atoms. The molecule has 1 saturated heterocycles. The molecule has 4 rings (SSSR count). The molecule has 3 aromatic rings. The van der Waals surface area contributed by atoms with Crippen LogP contribution in [0.2, 0.25) is 0 Å². The van der Waals surface area contributed by atoms with Crippen molar-refractivity contribution in [2.24, 2.45) is 0 Å². The van der Waals surface area contributed by atoms with Crippen LogP contribution in [0, 0.1) is 6.92 Å². The summed E-state index contributed by atoms with van der Waals surface area (Å²) in [5, 5.41) is 3.99. The Morgan fingerprint density at radius 2 is 2.00 bits per heavy atom. The lowest BCUT2D eigenvalue weighted by Gasteiger charge is -2.24. The third-order valence-corrected chi connectivity index (χ3v) is 7.53. The van der Waals surface area contributed by atoms with E-state index >= 15 is 0 Å². The van der Waals surface area contributed by atoms with Crippen LogP contribution < -0.4 is 20.9 Å². The number of carbonyl (C=O) groups excluding carboxylic acids is 1. The fraction of sp³-hybridized carbons (Fsp3) is 0.375. The number of aryl methyl sites for hydroxylation is 1. The predicted molar refractivity (Wildman–Crippen MR) is 132 cm³/mol. The van der Waals surface area contributed by atoms with E-state index in [1.54, 1.807) is 24.3 Å². The summed E-state index contributed by atoms with van der Waals surface area (Å²) in [6, 6.07) is 11.3. The number of methoxy groups -OCH3 is 1. The molecule has 1 aromatic heterocycles. The third kappa shape index (κ3) is 5.99. The van der Waals surface area contributed by atoms with Gasteiger partial charge >= 0.3 is 19.4 Å². The molecule has 0 spiro atoms. The number of carbonyl (C=O) groups is 1. The van der Waals surface area contributed by atoms with Gasteiger partial charge in [0.2, 0.25) is 0 Å². The van der Waals surface area contributed by atoms with Crippen molar-refractivity contribution in [1.82, 2.24) is 14.6 Å². The Kier molecular flexibility index (Phi) is 7.93. The Balaban J connectivity index is 1.55. The molecule has 1 unspecified atom stereocenters. The van der Waals surface area contributed by atoms with E-state index in [1.807, 2.05) is 18.2 Å². The number of nitrogens with zero attached hydrogens (tertiary/aromatic N) is 1. The molecule has 0 radical (unpaired) electrons. The number of halogens is 1. The molecule has 13 heteroatoms. The van der Waals surface area contributed by atoms with Crippen molar-refractivity contribution in [2.45, 2.75) is 44.8 Å². The van der Waals surface area contributed by atoms with Gasteiger partial charge in [-0.1, -0.05) is 36.4 Å². The minimum Gasteiger partial charge on any atom is -0.468 e. The minimum absolute atomic E-state index is 0.195. The third-order valence-electron chi connectivity index (χ3n) is 5.90. The Bertz CT molecular complexity index is 1450. The first-order valence-corrected chi connectivity index (χ1v) is 13.0. The molecule has 2 heterocycles. The summed E-state index contributed by atoms with van der Waals surface area (Å²) in [5.74, 6) is -0.484. The van der Waals surface area contributed by atoms with E-state index < -0.39 is 56.1 Å². The van der Waals surface area contributed by atoms with Gasteiger partial charge in [0.05, 0.1) is 13.7 Å². The molecule has 2 N–H and O–H groups in total. The van der Waals surface area contributed by atoms with Gasteiger partial charge in [0, 0.05) is 23.6 Å². The topological polar surface area (TPSA) is 138 Å². The highest BCUT2D eigenvalue weighted by atomic mass is 31.2. The van der Waals surface area contributed by atoms with E-state index in [2.05, 4.69) is 14.8 Å². The lowest BCUT2D eigenvalue weighted by Crippen LogP contribution is -2.36. The Hall–Kier alpha value is -3.31. The molecule has 2 aromatic carbocycles. The van der Waals surface area contributed by atoms with E-state index in [4.69, 9.17) is 13.8 Å². The van der Waals surface area contributed by atoms with Gasteiger partial charge in [-0.15, -0.1) is 0 Å². The molecular formula is C24H27FN3O8P. The number of esters is 1. The number of aromatic nitrogens is 2. The summed E-state index contributed by atoms with van der Waals surface area (Å²) in [5.41, 5.74) is -1.03. The molecule has 1 aliphatic heterocycles. The Morgan fingerprint density at radius 1 is 1.27 bits per heavy atom. The Labute approximate surface area is 211 Å². The largest absolute Gasteiger partial charge is 0.468 e. The Morgan fingerprint density at radius 3 is 2.76 bits per heavy atom. The summed E-state index contributed by atoms with van der Waals surface area (Å²) >= 11 is 0. The van der Waals surface area contributed by atoms with Gasteiger partial charge in [-0.2, -0.15) is 5.09 Å². The molecule has 11 nitrogen and oxygen atoms in total. The van der Waals surface area contributed by atoms with Gasteiger partial charge in [0.15, 0.2) is 0 Å². The van der Waals surface area contributed by atoms with Crippen LogP contribution in [-0.4, -0.2) is 47.6 Å². The lowest BCUT2D eigenvalue weighted by atomic mass is 10.1. The first-order chi connectivity index (χ1) is 17.6. The van der Waals surface area contributed by atoms with Crippen LogP contribution in [0.3, 0.4) is 0 Å². The van der Waals surface area contributed by atoms with Crippen molar-refractivity contribution >= 4 is 24.5 Å². The molecule has 0 saturated carbocycles. The second-order valence-electron chi connectivity index (χ2n) is 8.60. The van der Waals surface area contributed by atoms with E-state index in [1.165, 1.54) is 27.2 Å². The number of hydrogen-bond acceptors (Lipinski definition) is 8. The molecule has 198 valence electrons. The van der Waals surface area contributed by atoms with Gasteiger partial charge in [0.25, 0.3) is 5.56 Å². The summed E-state index contributed by atoms with van der Waals surface area (Å²) < 4.78 is 51.4. The zero-order valence-electron chi connectivity index (χ0n) is 20.4. The number of aromatic amines is 1. The van der Waals surface area contributed by atoms with Crippen LogP contribution >= 0.6 is 7.75 Å². The molecule has 1 aliphatic rings. The first kappa shape index (κ1) is 26.7. The van der Waals surface area contributed by atoms with Gasteiger partial charge in [-0.25, -0.2) is 13.8 Å². The van der Waals surface area contributed by atoms with E-state index in [9.17, 15) is 23.3 Å². The minimum atomic E-state index is -4.28. The number of hydrogen-bond donors (Lipinski definition) is 2. The highest BCUT2D eigenvalue weighted by Crippen LogP contribution is 2.47. The van der Waals surface area contributed by atoms with Crippen molar-refractivity contribution in [3.63, 3.8) is 0 Å². The molecule has 1 fully saturated rings. The van der Waals surface area contributed by atoms with Gasteiger partial charge in [0.1, 0.15) is 30.3 Å². The van der Waals surface area contributed by atoms with Crippen molar-refractivity contribution < 1.29 is 32.3 Å². The quantitative estimate of drug-likeness (QED) is 0.313. The number of H-pyrrole nitrogens is 1. The maximum absolute atomic E-state index is 14.9. The number of rotatable bonds is 9. The van der Waals surface area contributed by atoms with Crippen LogP contribution in [0.25, 0.3) is 10.8 Å². The highest BCUT2D eigenvalue weighted by Gasteiger charge is 2.40. The fourth-order valence-corrected chi connectivity index (χ4v) is 5.46. The van der Waals surface area contributed by atoms with Crippen LogP contribution in [0.15, 0.2) is 58.3 Å². The van der Waals surface area contributed by atoms with E-state index in [0.29, 0.717) is 5.39 Å². The van der Waals surface area contributed by atoms with E-state index in [0.717, 1.165) is 9.95 Å². The highest BCUT2D eigenvalue weighted by molar-refractivity contribution is 7.52. The summed E-state index contributed by atoms with van der Waals surface area (Å²) in [4.78, 5) is 38.0. The van der Waals surface area contributed by atoms with Gasteiger partial charge < -0.3 is 14.0 Å². The van der Waals surface area contributed by atoms with Crippen molar-refractivity contribution in [3.05, 3.63) is 75.1 Å². The van der Waals surface area contributed by atoms with Crippen LogP contribution in [-0.2, 0) is 23.4 Å². The second-order valence-corrected chi connectivity index (χ2v) is 10.3. The zero-order valence-corrected chi connectivity index (χ0v) is 21.3. The summed E-state index contributed by atoms with van der Waals surface area (Å²) in [7, 11) is -3.10. The summed E-state index contributed by atoms with van der Waals surface area (Å²) in [6.45, 7) is 2.41. The predicted octanol–water partition coefficient (Wildman–Crippen LogP) is 2.98. The number of ether oxygens (including phenoxy) is 2. The number of alkyl halides is 1. The van der Waals surface area contributed by atoms with Crippen LogP contribution in [0.1, 0.15) is 25.1 Å². The van der Waals surface area contributed by atoms with Crippen LogP contribution in [0.4, 0.5) is 4.39 Å². The lowest BCUT2D eigenvalue weighted by molar-refractivity contribution is -0.142.